The molecule has 1 aliphatic rings. The second kappa shape index (κ2) is 6.89. The minimum Gasteiger partial charge on any atom is -0.485 e. The third kappa shape index (κ3) is 4.30. The van der Waals surface area contributed by atoms with Gasteiger partial charge in [-0.25, -0.2) is 9.59 Å². The summed E-state index contributed by atoms with van der Waals surface area (Å²) in [6.07, 6.45) is -0.0342. The van der Waals surface area contributed by atoms with Crippen LogP contribution in [0.3, 0.4) is 0 Å². The van der Waals surface area contributed by atoms with Gasteiger partial charge in [-0.2, -0.15) is 4.90 Å². The summed E-state index contributed by atoms with van der Waals surface area (Å²) >= 11 is 0. The summed E-state index contributed by atoms with van der Waals surface area (Å²) in [6.45, 7) is 10.7. The number of furan rings is 1. The number of carbonyl (C=O) groups is 2. The molecule has 0 fully saturated rings. The largest absolute Gasteiger partial charge is 0.485 e. The van der Waals surface area contributed by atoms with Gasteiger partial charge < -0.3 is 18.6 Å². The van der Waals surface area contributed by atoms with Gasteiger partial charge in [0.05, 0.1) is 12.0 Å². The molecule has 7 nitrogen and oxygen atoms in total. The summed E-state index contributed by atoms with van der Waals surface area (Å²) in [5.41, 5.74) is 0.511. The van der Waals surface area contributed by atoms with Crippen molar-refractivity contribution in [2.24, 2.45) is 0 Å². The van der Waals surface area contributed by atoms with Gasteiger partial charge in [-0.1, -0.05) is 0 Å². The van der Waals surface area contributed by atoms with Crippen molar-refractivity contribution in [2.45, 2.75) is 59.4 Å². The highest BCUT2D eigenvalue weighted by Crippen LogP contribution is 2.40. The Kier molecular flexibility index (Phi) is 4.87. The van der Waals surface area contributed by atoms with Crippen LogP contribution < -0.4 is 9.64 Å². The van der Waals surface area contributed by atoms with Crippen LogP contribution in [0.25, 0.3) is 11.1 Å². The molecule has 0 N–H and O–H groups in total. The van der Waals surface area contributed by atoms with Crippen LogP contribution in [0.1, 0.15) is 47.3 Å². The number of anilines is 1. The highest BCUT2D eigenvalue weighted by atomic mass is 16.6. The van der Waals surface area contributed by atoms with E-state index in [0.29, 0.717) is 11.4 Å². The number of ether oxygens (including phenoxy) is 3. The van der Waals surface area contributed by atoms with Crippen molar-refractivity contribution in [3.63, 3.8) is 0 Å². The number of carbonyl (C=O) groups excluding carboxylic acids is 2. The molecule has 1 aromatic carbocycles. The van der Waals surface area contributed by atoms with E-state index in [1.54, 1.807) is 66.0 Å². The molecule has 2 amide bonds. The van der Waals surface area contributed by atoms with Gasteiger partial charge in [-0.05, 0) is 59.7 Å². The summed E-state index contributed by atoms with van der Waals surface area (Å²) in [5.74, 6) is 1.28. The van der Waals surface area contributed by atoms with Gasteiger partial charge in [0.15, 0.2) is 0 Å². The fourth-order valence-electron chi connectivity index (χ4n) is 2.73. The van der Waals surface area contributed by atoms with E-state index in [2.05, 4.69) is 0 Å². The highest BCUT2D eigenvalue weighted by Gasteiger charge is 2.33. The minimum absolute atomic E-state index is 0.275. The summed E-state index contributed by atoms with van der Waals surface area (Å²) in [5, 5.41) is 0. The zero-order chi connectivity index (χ0) is 20.7. The third-order valence-corrected chi connectivity index (χ3v) is 3.77. The topological polar surface area (TPSA) is 78.2 Å². The Hall–Kier alpha value is -2.96. The first-order valence-electron chi connectivity index (χ1n) is 9.04. The molecule has 0 aliphatic carbocycles. The van der Waals surface area contributed by atoms with Crippen molar-refractivity contribution >= 4 is 17.9 Å². The number of fused-ring (bicyclic) bond motifs is 3. The van der Waals surface area contributed by atoms with Crippen LogP contribution in [-0.4, -0.2) is 23.4 Å². The number of hydrogen-bond donors (Lipinski definition) is 0. The number of benzene rings is 1. The van der Waals surface area contributed by atoms with E-state index in [1.165, 1.54) is 0 Å². The Labute approximate surface area is 164 Å². The molecular weight excluding hydrogens is 362 g/mol. The van der Waals surface area contributed by atoms with Crippen molar-refractivity contribution in [3.8, 4) is 16.9 Å². The average Bonchev–Trinajstić information content (AvgIpc) is 3.00. The van der Waals surface area contributed by atoms with Crippen LogP contribution in [0.2, 0.25) is 0 Å². The van der Waals surface area contributed by atoms with Crippen molar-refractivity contribution < 1.29 is 28.2 Å². The quantitative estimate of drug-likeness (QED) is 0.641. The Morgan fingerprint density at radius 1 is 0.929 bits per heavy atom. The molecule has 28 heavy (non-hydrogen) atoms. The zero-order valence-electron chi connectivity index (χ0n) is 17.0. The molecule has 7 heteroatoms. The van der Waals surface area contributed by atoms with E-state index in [1.807, 2.05) is 6.07 Å². The number of rotatable bonds is 1. The van der Waals surface area contributed by atoms with Gasteiger partial charge >= 0.3 is 12.2 Å². The Balaban J connectivity index is 1.99. The van der Waals surface area contributed by atoms with E-state index in [4.69, 9.17) is 18.6 Å². The van der Waals surface area contributed by atoms with E-state index >= 15 is 0 Å². The SMILES string of the molecule is CC(C)(C)OC(=O)N(C(=O)OC(C)(C)C)c1ccc2c(c1)OCc1occc1-2. The first-order valence-corrected chi connectivity index (χ1v) is 9.04. The monoisotopic (exact) mass is 387 g/mol. The Morgan fingerprint density at radius 3 is 2.11 bits per heavy atom. The van der Waals surface area contributed by atoms with Gasteiger partial charge in [-0.15, -0.1) is 0 Å². The molecule has 2 aromatic rings. The summed E-state index contributed by atoms with van der Waals surface area (Å²) < 4.78 is 21.9. The van der Waals surface area contributed by atoms with Crippen molar-refractivity contribution in [1.29, 1.82) is 0 Å². The number of amides is 2. The van der Waals surface area contributed by atoms with Gasteiger partial charge in [-0.3, -0.25) is 0 Å². The lowest BCUT2D eigenvalue weighted by Crippen LogP contribution is -2.43. The third-order valence-electron chi connectivity index (χ3n) is 3.77. The number of imide groups is 1. The first kappa shape index (κ1) is 19.8. The number of hydrogen-bond acceptors (Lipinski definition) is 6. The molecule has 150 valence electrons. The van der Waals surface area contributed by atoms with Crippen molar-refractivity contribution in [1.82, 2.24) is 0 Å². The summed E-state index contributed by atoms with van der Waals surface area (Å²) in [6, 6.07) is 6.91. The van der Waals surface area contributed by atoms with Gasteiger partial charge in [0.1, 0.15) is 29.3 Å². The van der Waals surface area contributed by atoms with Crippen LogP contribution in [-0.2, 0) is 16.1 Å². The Bertz CT molecular complexity index is 872. The molecule has 3 rings (SSSR count). The molecule has 2 heterocycles. The van der Waals surface area contributed by atoms with Crippen LogP contribution in [0.15, 0.2) is 34.9 Å². The molecule has 0 radical (unpaired) electrons. The molecular formula is C21H25NO6. The van der Waals surface area contributed by atoms with Crippen molar-refractivity contribution in [2.75, 3.05) is 4.90 Å². The molecule has 0 atom stereocenters. The lowest BCUT2D eigenvalue weighted by atomic mass is 10.0. The molecule has 0 saturated carbocycles. The number of nitrogens with zero attached hydrogens (tertiary/aromatic N) is 1. The molecule has 0 spiro atoms. The predicted molar refractivity (Wildman–Crippen MR) is 103 cm³/mol. The average molecular weight is 387 g/mol. The zero-order valence-corrected chi connectivity index (χ0v) is 17.0. The minimum atomic E-state index is -0.818. The maximum absolute atomic E-state index is 12.8. The predicted octanol–water partition coefficient (Wildman–Crippen LogP) is 5.52. The van der Waals surface area contributed by atoms with E-state index in [0.717, 1.165) is 21.8 Å². The van der Waals surface area contributed by atoms with E-state index < -0.39 is 23.4 Å². The second-order valence-electron chi connectivity index (χ2n) is 8.52. The van der Waals surface area contributed by atoms with Crippen LogP contribution >= 0.6 is 0 Å². The van der Waals surface area contributed by atoms with E-state index in [-0.39, 0.29) is 6.61 Å². The smallest absolute Gasteiger partial charge is 0.424 e. The first-order chi connectivity index (χ1) is 12.9. The van der Waals surface area contributed by atoms with E-state index in [9.17, 15) is 9.59 Å². The fraction of sp³-hybridized carbons (Fsp3) is 0.429. The van der Waals surface area contributed by atoms with Crippen molar-refractivity contribution in [3.05, 3.63) is 36.3 Å². The molecule has 1 aromatic heterocycles. The maximum atomic E-state index is 12.8. The highest BCUT2D eigenvalue weighted by molar-refractivity contribution is 6.09. The summed E-state index contributed by atoms with van der Waals surface area (Å²) in [4.78, 5) is 26.4. The van der Waals surface area contributed by atoms with Crippen LogP contribution in [0, 0.1) is 0 Å². The van der Waals surface area contributed by atoms with Gasteiger partial charge in [0, 0.05) is 17.2 Å². The molecule has 0 saturated heterocycles. The lowest BCUT2D eigenvalue weighted by molar-refractivity contribution is 0.0430. The fourth-order valence-corrected chi connectivity index (χ4v) is 2.73. The normalized spacial score (nSPS) is 13.1. The molecule has 0 bridgehead atoms. The maximum Gasteiger partial charge on any atom is 0.424 e. The second-order valence-corrected chi connectivity index (χ2v) is 8.52. The Morgan fingerprint density at radius 2 is 1.54 bits per heavy atom. The van der Waals surface area contributed by atoms with Gasteiger partial charge in [0.2, 0.25) is 0 Å². The summed E-state index contributed by atoms with van der Waals surface area (Å²) in [7, 11) is 0. The molecule has 1 aliphatic heterocycles. The van der Waals surface area contributed by atoms with Crippen LogP contribution in [0.4, 0.5) is 15.3 Å². The lowest BCUT2D eigenvalue weighted by Gasteiger charge is -2.29. The standard InChI is InChI=1S/C21H25NO6/c1-20(2,3)27-18(23)22(19(24)28-21(4,5)6)13-7-8-14-15-9-10-25-17(15)12-26-16(14)11-13/h7-11H,12H2,1-6H3. The van der Waals surface area contributed by atoms with Gasteiger partial charge in [0.25, 0.3) is 0 Å². The van der Waals surface area contributed by atoms with Crippen LogP contribution in [0.5, 0.6) is 5.75 Å². The molecule has 0 unspecified atom stereocenters.